The summed E-state index contributed by atoms with van der Waals surface area (Å²) in [4.78, 5) is 4.41. The molecule has 1 aromatic rings. The Labute approximate surface area is 92.3 Å². The number of hydrogen-bond donors (Lipinski definition) is 0. The van der Waals surface area contributed by atoms with Crippen molar-refractivity contribution in [1.29, 1.82) is 0 Å². The number of hydrogen-bond acceptors (Lipinski definition) is 4. The van der Waals surface area contributed by atoms with E-state index in [9.17, 15) is 0 Å². The lowest BCUT2D eigenvalue weighted by Crippen LogP contribution is -1.89. The van der Waals surface area contributed by atoms with E-state index >= 15 is 0 Å². The maximum absolute atomic E-state index is 5.58. The molecule has 5 heteroatoms. The van der Waals surface area contributed by atoms with Crippen molar-refractivity contribution in [2.24, 2.45) is 0 Å². The number of nitrogens with zero attached hydrogens (tertiary/aromatic N) is 2. The Bertz CT molecular complexity index is 250. The summed E-state index contributed by atoms with van der Waals surface area (Å²) in [6, 6.07) is 0. The van der Waals surface area contributed by atoms with Gasteiger partial charge in [-0.15, -0.1) is 11.6 Å². The Morgan fingerprint density at radius 3 is 2.85 bits per heavy atom. The molecule has 1 rings (SSSR count). The molecular weight excluding hydrogens is 224 g/mol. The van der Waals surface area contributed by atoms with E-state index in [1.165, 1.54) is 11.5 Å². The lowest BCUT2D eigenvalue weighted by atomic mass is 10.2. The van der Waals surface area contributed by atoms with Crippen molar-refractivity contribution < 1.29 is 0 Å². The van der Waals surface area contributed by atoms with Gasteiger partial charge in [0.15, 0.2) is 4.34 Å². The molecule has 1 aromatic heterocycles. The maximum Gasteiger partial charge on any atom is 0.170 e. The fraction of sp³-hybridized carbons (Fsp3) is 0.750. The molecule has 0 aliphatic carbocycles. The molecule has 0 saturated heterocycles. The molecule has 0 aromatic carbocycles. The van der Waals surface area contributed by atoms with E-state index in [0.29, 0.717) is 5.92 Å². The van der Waals surface area contributed by atoms with Crippen molar-refractivity contribution in [2.75, 3.05) is 11.6 Å². The highest BCUT2D eigenvalue weighted by atomic mass is 35.5. The smallest absolute Gasteiger partial charge is 0.170 e. The van der Waals surface area contributed by atoms with Crippen LogP contribution in [0.15, 0.2) is 4.34 Å². The molecular formula is C8H13ClN2S2. The lowest BCUT2D eigenvalue weighted by molar-refractivity contribution is 0.789. The van der Waals surface area contributed by atoms with Gasteiger partial charge in [-0.3, -0.25) is 0 Å². The molecule has 0 aliphatic heterocycles. The van der Waals surface area contributed by atoms with Crippen LogP contribution in [0.5, 0.6) is 0 Å². The molecule has 0 N–H and O–H groups in total. The largest absolute Gasteiger partial charge is 0.213 e. The van der Waals surface area contributed by atoms with Crippen molar-refractivity contribution in [3.05, 3.63) is 5.82 Å². The van der Waals surface area contributed by atoms with Crippen molar-refractivity contribution in [2.45, 2.75) is 30.5 Å². The molecule has 0 radical (unpaired) electrons. The second-order valence-corrected chi connectivity index (χ2v) is 5.44. The van der Waals surface area contributed by atoms with Gasteiger partial charge in [0.1, 0.15) is 5.82 Å². The summed E-state index contributed by atoms with van der Waals surface area (Å²) in [6.07, 6.45) is 1.03. The Hall–Kier alpha value is 0.200. The Morgan fingerprint density at radius 2 is 2.31 bits per heavy atom. The van der Waals surface area contributed by atoms with E-state index in [1.54, 1.807) is 11.8 Å². The van der Waals surface area contributed by atoms with E-state index in [2.05, 4.69) is 23.2 Å². The first-order valence-corrected chi connectivity index (χ1v) is 6.55. The van der Waals surface area contributed by atoms with Gasteiger partial charge >= 0.3 is 0 Å². The van der Waals surface area contributed by atoms with Crippen molar-refractivity contribution >= 4 is 34.9 Å². The SMILES string of the molecule is CC(C)c1nsc(SCCCCl)n1. The second-order valence-electron chi connectivity index (χ2n) is 2.96. The van der Waals surface area contributed by atoms with Gasteiger partial charge in [-0.2, -0.15) is 4.37 Å². The van der Waals surface area contributed by atoms with Crippen molar-refractivity contribution in [1.82, 2.24) is 9.36 Å². The van der Waals surface area contributed by atoms with Gasteiger partial charge in [0.05, 0.1) is 0 Å². The summed E-state index contributed by atoms with van der Waals surface area (Å²) in [5.41, 5.74) is 0. The fourth-order valence-electron chi connectivity index (χ4n) is 0.727. The van der Waals surface area contributed by atoms with Gasteiger partial charge in [-0.05, 0) is 18.0 Å². The van der Waals surface area contributed by atoms with E-state index in [4.69, 9.17) is 11.6 Å². The van der Waals surface area contributed by atoms with E-state index in [-0.39, 0.29) is 0 Å². The van der Waals surface area contributed by atoms with Crippen LogP contribution in [0.1, 0.15) is 32.0 Å². The zero-order valence-corrected chi connectivity index (χ0v) is 10.2. The molecule has 0 spiro atoms. The van der Waals surface area contributed by atoms with Gasteiger partial charge < -0.3 is 0 Å². The zero-order chi connectivity index (χ0) is 9.68. The number of rotatable bonds is 5. The zero-order valence-electron chi connectivity index (χ0n) is 7.79. The molecule has 1 heterocycles. The molecule has 74 valence electrons. The van der Waals surface area contributed by atoms with Gasteiger partial charge in [0, 0.05) is 17.6 Å². The number of thioether (sulfide) groups is 1. The Kier molecular flexibility index (Phi) is 5.06. The van der Waals surface area contributed by atoms with Crippen LogP contribution in [0.25, 0.3) is 0 Å². The van der Waals surface area contributed by atoms with E-state index in [0.717, 1.165) is 28.2 Å². The lowest BCUT2D eigenvalue weighted by Gasteiger charge is -1.95. The maximum atomic E-state index is 5.58. The van der Waals surface area contributed by atoms with Crippen LogP contribution in [0.4, 0.5) is 0 Å². The summed E-state index contributed by atoms with van der Waals surface area (Å²) < 4.78 is 5.33. The third-order valence-corrected chi connectivity index (χ3v) is 3.64. The molecule has 0 amide bonds. The molecule has 0 unspecified atom stereocenters. The number of aromatic nitrogens is 2. The molecule has 0 fully saturated rings. The molecule has 13 heavy (non-hydrogen) atoms. The third kappa shape index (κ3) is 3.83. The normalized spacial score (nSPS) is 11.1. The van der Waals surface area contributed by atoms with E-state index < -0.39 is 0 Å². The average molecular weight is 237 g/mol. The second kappa shape index (κ2) is 5.83. The highest BCUT2D eigenvalue weighted by Gasteiger charge is 2.07. The first kappa shape index (κ1) is 11.3. The minimum atomic E-state index is 0.429. The minimum Gasteiger partial charge on any atom is -0.213 e. The summed E-state index contributed by atoms with van der Waals surface area (Å²) in [7, 11) is 0. The van der Waals surface area contributed by atoms with Gasteiger partial charge in [0.25, 0.3) is 0 Å². The number of alkyl halides is 1. The van der Waals surface area contributed by atoms with Gasteiger partial charge in [-0.1, -0.05) is 25.6 Å². The Morgan fingerprint density at radius 1 is 1.54 bits per heavy atom. The van der Waals surface area contributed by atoms with Crippen LogP contribution in [-0.4, -0.2) is 21.0 Å². The van der Waals surface area contributed by atoms with Crippen LogP contribution in [0.2, 0.25) is 0 Å². The highest BCUT2D eigenvalue weighted by Crippen LogP contribution is 2.23. The quantitative estimate of drug-likeness (QED) is 0.445. The molecule has 0 saturated carbocycles. The monoisotopic (exact) mass is 236 g/mol. The minimum absolute atomic E-state index is 0.429. The predicted molar refractivity (Wildman–Crippen MR) is 60.1 cm³/mol. The van der Waals surface area contributed by atoms with Crippen LogP contribution in [0, 0.1) is 0 Å². The average Bonchev–Trinajstić information content (AvgIpc) is 2.53. The summed E-state index contributed by atoms with van der Waals surface area (Å²) in [5.74, 6) is 3.15. The third-order valence-electron chi connectivity index (χ3n) is 1.44. The standard InChI is InChI=1S/C8H13ClN2S2/c1-6(2)7-10-8(13-11-7)12-5-3-4-9/h6H,3-5H2,1-2H3. The highest BCUT2D eigenvalue weighted by molar-refractivity contribution is 8.00. The van der Waals surface area contributed by atoms with Gasteiger partial charge in [-0.25, -0.2) is 4.98 Å². The Balaban J connectivity index is 2.40. The van der Waals surface area contributed by atoms with E-state index in [1.807, 2.05) is 0 Å². The summed E-state index contributed by atoms with van der Waals surface area (Å²) in [6.45, 7) is 4.21. The van der Waals surface area contributed by atoms with Crippen LogP contribution in [-0.2, 0) is 0 Å². The van der Waals surface area contributed by atoms with Crippen molar-refractivity contribution in [3.63, 3.8) is 0 Å². The number of halogens is 1. The van der Waals surface area contributed by atoms with Crippen LogP contribution in [0.3, 0.4) is 0 Å². The molecule has 0 bridgehead atoms. The topological polar surface area (TPSA) is 25.8 Å². The van der Waals surface area contributed by atoms with Gasteiger partial charge in [0.2, 0.25) is 0 Å². The summed E-state index contributed by atoms with van der Waals surface area (Å²) in [5, 5.41) is 0. The summed E-state index contributed by atoms with van der Waals surface area (Å²) >= 11 is 8.81. The molecule has 0 aliphatic rings. The predicted octanol–water partition coefficient (Wildman–Crippen LogP) is 3.38. The first-order valence-electron chi connectivity index (χ1n) is 4.26. The molecule has 0 atom stereocenters. The van der Waals surface area contributed by atoms with Crippen LogP contribution >= 0.6 is 34.9 Å². The first-order chi connectivity index (χ1) is 6.24. The fourth-order valence-corrected chi connectivity index (χ4v) is 2.77. The van der Waals surface area contributed by atoms with Crippen LogP contribution < -0.4 is 0 Å². The van der Waals surface area contributed by atoms with Crippen molar-refractivity contribution in [3.8, 4) is 0 Å². The molecule has 2 nitrogen and oxygen atoms in total.